The standard InChI is InChI=1S/C12H26N2O/c1-5-6-7-10(9-13)14-11(15)8-12(2,3)4/h10H,5-9,13H2,1-4H3,(H,14,15). The first kappa shape index (κ1) is 14.4. The highest BCUT2D eigenvalue weighted by atomic mass is 16.1. The Bertz CT molecular complexity index is 185. The molecule has 3 heteroatoms. The molecule has 0 radical (unpaired) electrons. The molecule has 0 rings (SSSR count). The van der Waals surface area contributed by atoms with Gasteiger partial charge in [0.15, 0.2) is 0 Å². The van der Waals surface area contributed by atoms with Crippen LogP contribution in [0, 0.1) is 5.41 Å². The molecule has 0 spiro atoms. The van der Waals surface area contributed by atoms with Crippen LogP contribution in [0.25, 0.3) is 0 Å². The molecule has 3 nitrogen and oxygen atoms in total. The fourth-order valence-electron chi connectivity index (χ4n) is 1.46. The summed E-state index contributed by atoms with van der Waals surface area (Å²) in [5.41, 5.74) is 5.66. The summed E-state index contributed by atoms with van der Waals surface area (Å²) in [5.74, 6) is 0.119. The van der Waals surface area contributed by atoms with E-state index in [-0.39, 0.29) is 17.4 Å². The Morgan fingerprint density at radius 2 is 2.00 bits per heavy atom. The van der Waals surface area contributed by atoms with Gasteiger partial charge in [-0.1, -0.05) is 40.5 Å². The molecule has 0 fully saturated rings. The van der Waals surface area contributed by atoms with Crippen LogP contribution >= 0.6 is 0 Å². The molecule has 0 bridgehead atoms. The SMILES string of the molecule is CCCCC(CN)NC(=O)CC(C)(C)C. The Morgan fingerprint density at radius 1 is 1.40 bits per heavy atom. The first-order valence-electron chi connectivity index (χ1n) is 5.88. The molecule has 1 unspecified atom stereocenters. The molecule has 0 aliphatic carbocycles. The average molecular weight is 214 g/mol. The van der Waals surface area contributed by atoms with Crippen molar-refractivity contribution < 1.29 is 4.79 Å². The Morgan fingerprint density at radius 3 is 2.40 bits per heavy atom. The molecule has 1 atom stereocenters. The van der Waals surface area contributed by atoms with E-state index in [0.29, 0.717) is 13.0 Å². The van der Waals surface area contributed by atoms with Crippen LogP contribution < -0.4 is 11.1 Å². The van der Waals surface area contributed by atoms with E-state index in [1.54, 1.807) is 0 Å². The summed E-state index contributed by atoms with van der Waals surface area (Å²) >= 11 is 0. The predicted molar refractivity (Wildman–Crippen MR) is 64.6 cm³/mol. The van der Waals surface area contributed by atoms with Crippen LogP contribution in [0.2, 0.25) is 0 Å². The van der Waals surface area contributed by atoms with Crippen molar-refractivity contribution in [2.24, 2.45) is 11.1 Å². The van der Waals surface area contributed by atoms with Crippen molar-refractivity contribution in [2.75, 3.05) is 6.54 Å². The summed E-state index contributed by atoms with van der Waals surface area (Å²) in [4.78, 5) is 11.6. The minimum atomic E-state index is 0.0496. The Labute approximate surface area is 93.8 Å². The number of unbranched alkanes of at least 4 members (excludes halogenated alkanes) is 1. The first-order valence-corrected chi connectivity index (χ1v) is 5.88. The number of carbonyl (C=O) groups is 1. The molecular formula is C12H26N2O. The van der Waals surface area contributed by atoms with E-state index in [1.807, 2.05) is 0 Å². The highest BCUT2D eigenvalue weighted by Gasteiger charge is 2.17. The smallest absolute Gasteiger partial charge is 0.220 e. The van der Waals surface area contributed by atoms with Gasteiger partial charge in [0.1, 0.15) is 0 Å². The van der Waals surface area contributed by atoms with Crippen LogP contribution in [0.4, 0.5) is 0 Å². The third kappa shape index (κ3) is 8.43. The van der Waals surface area contributed by atoms with Crippen LogP contribution in [0.5, 0.6) is 0 Å². The minimum Gasteiger partial charge on any atom is -0.352 e. The maximum absolute atomic E-state index is 11.6. The zero-order valence-corrected chi connectivity index (χ0v) is 10.6. The van der Waals surface area contributed by atoms with Crippen LogP contribution in [0.3, 0.4) is 0 Å². The summed E-state index contributed by atoms with van der Waals surface area (Å²) in [5, 5.41) is 2.99. The topological polar surface area (TPSA) is 55.1 Å². The number of hydrogen-bond donors (Lipinski definition) is 2. The maximum Gasteiger partial charge on any atom is 0.220 e. The number of carbonyl (C=O) groups excluding carboxylic acids is 1. The second-order valence-corrected chi connectivity index (χ2v) is 5.38. The molecule has 1 amide bonds. The molecular weight excluding hydrogens is 188 g/mol. The molecule has 0 heterocycles. The summed E-state index contributed by atoms with van der Waals surface area (Å²) in [6, 6.07) is 0.153. The Balaban J connectivity index is 3.91. The van der Waals surface area contributed by atoms with Gasteiger partial charge in [-0.05, 0) is 11.8 Å². The number of hydrogen-bond acceptors (Lipinski definition) is 2. The van der Waals surface area contributed by atoms with Gasteiger partial charge < -0.3 is 11.1 Å². The average Bonchev–Trinajstić information content (AvgIpc) is 2.09. The molecule has 0 saturated carbocycles. The molecule has 0 aromatic carbocycles. The number of nitrogens with one attached hydrogen (secondary N) is 1. The van der Waals surface area contributed by atoms with Gasteiger partial charge >= 0.3 is 0 Å². The minimum absolute atomic E-state index is 0.0496. The first-order chi connectivity index (χ1) is 6.89. The van der Waals surface area contributed by atoms with Gasteiger partial charge in [0.25, 0.3) is 0 Å². The van der Waals surface area contributed by atoms with Gasteiger partial charge in [0.2, 0.25) is 5.91 Å². The predicted octanol–water partition coefficient (Wildman–Crippen LogP) is 2.06. The largest absolute Gasteiger partial charge is 0.352 e. The van der Waals surface area contributed by atoms with Crippen molar-refractivity contribution in [1.82, 2.24) is 5.32 Å². The van der Waals surface area contributed by atoms with Crippen molar-refractivity contribution in [3.05, 3.63) is 0 Å². The molecule has 0 saturated heterocycles. The van der Waals surface area contributed by atoms with Crippen LogP contribution in [-0.4, -0.2) is 18.5 Å². The third-order valence-electron chi connectivity index (χ3n) is 2.25. The summed E-state index contributed by atoms with van der Waals surface area (Å²) < 4.78 is 0. The zero-order chi connectivity index (χ0) is 11.9. The normalized spacial score (nSPS) is 13.7. The van der Waals surface area contributed by atoms with E-state index in [9.17, 15) is 4.79 Å². The molecule has 90 valence electrons. The second-order valence-electron chi connectivity index (χ2n) is 5.38. The summed E-state index contributed by atoms with van der Waals surface area (Å²) in [6.07, 6.45) is 3.82. The van der Waals surface area contributed by atoms with E-state index in [4.69, 9.17) is 5.73 Å². The fraction of sp³-hybridized carbons (Fsp3) is 0.917. The number of amides is 1. The molecule has 0 aliphatic heterocycles. The quantitative estimate of drug-likeness (QED) is 0.711. The lowest BCUT2D eigenvalue weighted by atomic mass is 9.92. The second kappa shape index (κ2) is 6.83. The van der Waals surface area contributed by atoms with Crippen molar-refractivity contribution >= 4 is 5.91 Å². The van der Waals surface area contributed by atoms with E-state index in [2.05, 4.69) is 33.0 Å². The lowest BCUT2D eigenvalue weighted by Crippen LogP contribution is -2.41. The highest BCUT2D eigenvalue weighted by Crippen LogP contribution is 2.18. The number of rotatable bonds is 6. The maximum atomic E-state index is 11.6. The van der Waals surface area contributed by atoms with Crippen molar-refractivity contribution in [2.45, 2.75) is 59.4 Å². The zero-order valence-electron chi connectivity index (χ0n) is 10.6. The van der Waals surface area contributed by atoms with E-state index < -0.39 is 0 Å². The Hall–Kier alpha value is -0.570. The van der Waals surface area contributed by atoms with Gasteiger partial charge in [-0.2, -0.15) is 0 Å². The van der Waals surface area contributed by atoms with Crippen molar-refractivity contribution in [3.63, 3.8) is 0 Å². The monoisotopic (exact) mass is 214 g/mol. The highest BCUT2D eigenvalue weighted by molar-refractivity contribution is 5.76. The summed E-state index contributed by atoms with van der Waals surface area (Å²) in [7, 11) is 0. The molecule has 15 heavy (non-hydrogen) atoms. The lowest BCUT2D eigenvalue weighted by molar-refractivity contribution is -0.123. The number of nitrogens with two attached hydrogens (primary N) is 1. The van der Waals surface area contributed by atoms with E-state index in [0.717, 1.165) is 19.3 Å². The van der Waals surface area contributed by atoms with Crippen molar-refractivity contribution in [1.29, 1.82) is 0 Å². The lowest BCUT2D eigenvalue weighted by Gasteiger charge is -2.21. The van der Waals surface area contributed by atoms with Crippen LogP contribution in [-0.2, 0) is 4.79 Å². The molecule has 3 N–H and O–H groups in total. The molecule has 0 aromatic rings. The Kier molecular flexibility index (Phi) is 6.57. The van der Waals surface area contributed by atoms with Crippen molar-refractivity contribution in [3.8, 4) is 0 Å². The summed E-state index contributed by atoms with van der Waals surface area (Å²) in [6.45, 7) is 8.88. The van der Waals surface area contributed by atoms with Gasteiger partial charge in [-0.25, -0.2) is 0 Å². The van der Waals surface area contributed by atoms with Gasteiger partial charge in [-0.3, -0.25) is 4.79 Å². The fourth-order valence-corrected chi connectivity index (χ4v) is 1.46. The third-order valence-corrected chi connectivity index (χ3v) is 2.25. The van der Waals surface area contributed by atoms with E-state index >= 15 is 0 Å². The molecule has 0 aromatic heterocycles. The van der Waals surface area contributed by atoms with Gasteiger partial charge in [-0.15, -0.1) is 0 Å². The van der Waals surface area contributed by atoms with Gasteiger partial charge in [0, 0.05) is 19.0 Å². The van der Waals surface area contributed by atoms with E-state index in [1.165, 1.54) is 0 Å². The van der Waals surface area contributed by atoms with Crippen LogP contribution in [0.15, 0.2) is 0 Å². The van der Waals surface area contributed by atoms with Crippen LogP contribution in [0.1, 0.15) is 53.4 Å². The molecule has 0 aliphatic rings. The van der Waals surface area contributed by atoms with Gasteiger partial charge in [0.05, 0.1) is 0 Å².